The standard InChI is InChI=1S/C10H12N2O4S/c1-15-8-3-4-10(16-2)9(7-8)12-17(13,14)6-5-11/h3-4,7,12H,6H2,1-2H3. The molecule has 1 aromatic carbocycles. The van der Waals surface area contributed by atoms with Crippen LogP contribution in [0.5, 0.6) is 11.5 Å². The molecule has 1 rings (SSSR count). The third kappa shape index (κ3) is 3.53. The Morgan fingerprint density at radius 3 is 2.59 bits per heavy atom. The summed E-state index contributed by atoms with van der Waals surface area (Å²) in [6.45, 7) is 0. The topological polar surface area (TPSA) is 88.4 Å². The Morgan fingerprint density at radius 2 is 2.06 bits per heavy atom. The van der Waals surface area contributed by atoms with Crippen LogP contribution in [0, 0.1) is 11.3 Å². The van der Waals surface area contributed by atoms with Crippen molar-refractivity contribution in [3.63, 3.8) is 0 Å². The molecule has 0 radical (unpaired) electrons. The molecule has 0 unspecified atom stereocenters. The smallest absolute Gasteiger partial charge is 0.246 e. The number of sulfonamides is 1. The number of benzene rings is 1. The Hall–Kier alpha value is -1.94. The van der Waals surface area contributed by atoms with Gasteiger partial charge in [0.05, 0.1) is 26.0 Å². The average Bonchev–Trinajstić information content (AvgIpc) is 2.28. The maximum atomic E-state index is 11.4. The van der Waals surface area contributed by atoms with Crippen molar-refractivity contribution < 1.29 is 17.9 Å². The van der Waals surface area contributed by atoms with Gasteiger partial charge in [0.25, 0.3) is 0 Å². The molecule has 0 atom stereocenters. The Labute approximate surface area is 99.8 Å². The fourth-order valence-corrected chi connectivity index (χ4v) is 1.92. The molecule has 0 aliphatic rings. The monoisotopic (exact) mass is 256 g/mol. The van der Waals surface area contributed by atoms with Crippen LogP contribution in [0.15, 0.2) is 18.2 Å². The number of nitrogens with zero attached hydrogens (tertiary/aromatic N) is 1. The summed E-state index contributed by atoms with van der Waals surface area (Å²) in [5, 5.41) is 8.38. The summed E-state index contributed by atoms with van der Waals surface area (Å²) in [4.78, 5) is 0. The molecule has 0 amide bonds. The average molecular weight is 256 g/mol. The van der Waals surface area contributed by atoms with Crippen LogP contribution in [0.4, 0.5) is 5.69 Å². The zero-order valence-electron chi connectivity index (χ0n) is 9.43. The third-order valence-corrected chi connectivity index (χ3v) is 2.97. The maximum Gasteiger partial charge on any atom is 0.246 e. The van der Waals surface area contributed by atoms with Crippen molar-refractivity contribution in [2.24, 2.45) is 0 Å². The maximum absolute atomic E-state index is 11.4. The minimum atomic E-state index is -3.69. The highest BCUT2D eigenvalue weighted by Crippen LogP contribution is 2.29. The lowest BCUT2D eigenvalue weighted by Crippen LogP contribution is -2.16. The van der Waals surface area contributed by atoms with Crippen LogP contribution in [-0.4, -0.2) is 28.4 Å². The Balaban J connectivity index is 3.08. The molecule has 0 aliphatic carbocycles. The predicted octanol–water partition coefficient (Wildman–Crippen LogP) is 0.969. The van der Waals surface area contributed by atoms with Gasteiger partial charge < -0.3 is 9.47 Å². The number of anilines is 1. The molecule has 0 fully saturated rings. The first-order chi connectivity index (χ1) is 8.02. The van der Waals surface area contributed by atoms with Crippen molar-refractivity contribution in [1.82, 2.24) is 0 Å². The molecule has 0 heterocycles. The van der Waals surface area contributed by atoms with Crippen molar-refractivity contribution in [2.45, 2.75) is 0 Å². The molecule has 1 aromatic rings. The fraction of sp³-hybridized carbons (Fsp3) is 0.300. The number of hydrogen-bond acceptors (Lipinski definition) is 5. The molecule has 0 bridgehead atoms. The summed E-state index contributed by atoms with van der Waals surface area (Å²) in [5.74, 6) is 0.223. The quantitative estimate of drug-likeness (QED) is 0.848. The second-order valence-electron chi connectivity index (χ2n) is 3.09. The summed E-state index contributed by atoms with van der Waals surface area (Å²) < 4.78 is 35.1. The van der Waals surface area contributed by atoms with Crippen molar-refractivity contribution in [2.75, 3.05) is 24.7 Å². The van der Waals surface area contributed by atoms with Gasteiger partial charge in [0.2, 0.25) is 10.0 Å². The highest BCUT2D eigenvalue weighted by molar-refractivity contribution is 7.92. The lowest BCUT2D eigenvalue weighted by atomic mass is 10.3. The van der Waals surface area contributed by atoms with Crippen LogP contribution in [0.2, 0.25) is 0 Å². The summed E-state index contributed by atoms with van der Waals surface area (Å²) >= 11 is 0. The normalized spacial score (nSPS) is 10.4. The molecular weight excluding hydrogens is 244 g/mol. The summed E-state index contributed by atoms with van der Waals surface area (Å²) in [6, 6.07) is 6.26. The Bertz CT molecular complexity index is 534. The summed E-state index contributed by atoms with van der Waals surface area (Å²) in [5.41, 5.74) is 0.238. The minimum absolute atomic E-state index is 0.238. The van der Waals surface area contributed by atoms with E-state index in [-0.39, 0.29) is 5.69 Å². The van der Waals surface area contributed by atoms with Crippen molar-refractivity contribution >= 4 is 15.7 Å². The molecule has 1 N–H and O–H groups in total. The summed E-state index contributed by atoms with van der Waals surface area (Å²) in [6.07, 6.45) is 0. The van der Waals surface area contributed by atoms with E-state index in [1.165, 1.54) is 20.3 Å². The van der Waals surface area contributed by atoms with E-state index < -0.39 is 15.8 Å². The SMILES string of the molecule is COc1ccc(OC)c(NS(=O)(=O)CC#N)c1. The molecule has 92 valence electrons. The van der Waals surface area contributed by atoms with Crippen LogP contribution >= 0.6 is 0 Å². The zero-order valence-corrected chi connectivity index (χ0v) is 10.2. The van der Waals surface area contributed by atoms with E-state index in [2.05, 4.69) is 4.72 Å². The number of ether oxygens (including phenoxy) is 2. The van der Waals surface area contributed by atoms with Gasteiger partial charge in [-0.3, -0.25) is 4.72 Å². The van der Waals surface area contributed by atoms with Gasteiger partial charge in [-0.2, -0.15) is 5.26 Å². The largest absolute Gasteiger partial charge is 0.497 e. The van der Waals surface area contributed by atoms with Gasteiger partial charge in [-0.25, -0.2) is 8.42 Å². The van der Waals surface area contributed by atoms with E-state index >= 15 is 0 Å². The van der Waals surface area contributed by atoms with Crippen LogP contribution in [0.1, 0.15) is 0 Å². The van der Waals surface area contributed by atoms with E-state index in [1.807, 2.05) is 0 Å². The first-order valence-corrected chi connectivity index (χ1v) is 6.27. The van der Waals surface area contributed by atoms with Crippen LogP contribution in [0.3, 0.4) is 0 Å². The molecule has 7 heteroatoms. The second kappa shape index (κ2) is 5.41. The Kier molecular flexibility index (Phi) is 4.17. The van der Waals surface area contributed by atoms with Crippen LogP contribution < -0.4 is 14.2 Å². The highest BCUT2D eigenvalue weighted by Gasteiger charge is 2.13. The number of nitrogens with one attached hydrogen (secondary N) is 1. The van der Waals surface area contributed by atoms with E-state index in [4.69, 9.17) is 14.7 Å². The molecule has 0 spiro atoms. The molecule has 0 aromatic heterocycles. The molecular formula is C10H12N2O4S. The minimum Gasteiger partial charge on any atom is -0.497 e. The first-order valence-electron chi connectivity index (χ1n) is 4.62. The van der Waals surface area contributed by atoms with Gasteiger partial charge in [-0.1, -0.05) is 0 Å². The number of nitriles is 1. The van der Waals surface area contributed by atoms with Crippen LogP contribution in [0.25, 0.3) is 0 Å². The van der Waals surface area contributed by atoms with Crippen molar-refractivity contribution in [3.8, 4) is 17.6 Å². The number of rotatable bonds is 5. The molecule has 0 aliphatic heterocycles. The fourth-order valence-electron chi connectivity index (χ4n) is 1.18. The van der Waals surface area contributed by atoms with Gasteiger partial charge in [0.1, 0.15) is 11.5 Å². The molecule has 6 nitrogen and oxygen atoms in total. The second-order valence-corrected chi connectivity index (χ2v) is 4.81. The van der Waals surface area contributed by atoms with E-state index in [9.17, 15) is 8.42 Å². The van der Waals surface area contributed by atoms with E-state index in [1.54, 1.807) is 18.2 Å². The van der Waals surface area contributed by atoms with Gasteiger partial charge in [-0.05, 0) is 12.1 Å². The first kappa shape index (κ1) is 13.1. The number of hydrogen-bond donors (Lipinski definition) is 1. The lowest BCUT2D eigenvalue weighted by molar-refractivity contribution is 0.405. The van der Waals surface area contributed by atoms with Crippen LogP contribution in [-0.2, 0) is 10.0 Å². The highest BCUT2D eigenvalue weighted by atomic mass is 32.2. The van der Waals surface area contributed by atoms with Crippen molar-refractivity contribution in [3.05, 3.63) is 18.2 Å². The zero-order chi connectivity index (χ0) is 12.9. The predicted molar refractivity (Wildman–Crippen MR) is 62.6 cm³/mol. The number of methoxy groups -OCH3 is 2. The van der Waals surface area contributed by atoms with Gasteiger partial charge in [-0.15, -0.1) is 0 Å². The van der Waals surface area contributed by atoms with E-state index in [0.717, 1.165) is 0 Å². The third-order valence-electron chi connectivity index (χ3n) is 1.93. The van der Waals surface area contributed by atoms with Gasteiger partial charge in [0, 0.05) is 6.07 Å². The lowest BCUT2D eigenvalue weighted by Gasteiger charge is -2.11. The van der Waals surface area contributed by atoms with E-state index in [0.29, 0.717) is 11.5 Å². The molecule has 0 saturated heterocycles. The molecule has 17 heavy (non-hydrogen) atoms. The van der Waals surface area contributed by atoms with Gasteiger partial charge in [0.15, 0.2) is 5.75 Å². The van der Waals surface area contributed by atoms with Crippen molar-refractivity contribution in [1.29, 1.82) is 5.26 Å². The molecule has 0 saturated carbocycles. The Morgan fingerprint density at radius 1 is 1.35 bits per heavy atom. The van der Waals surface area contributed by atoms with Gasteiger partial charge >= 0.3 is 0 Å². The summed E-state index contributed by atoms with van der Waals surface area (Å²) in [7, 11) is -0.801.